The molecule has 0 radical (unpaired) electrons. The zero-order chi connectivity index (χ0) is 17.6. The summed E-state index contributed by atoms with van der Waals surface area (Å²) < 4.78 is 4.60. The highest BCUT2D eigenvalue weighted by atomic mass is 16.6. The lowest BCUT2D eigenvalue weighted by Gasteiger charge is -2.06. The first kappa shape index (κ1) is 15.3. The predicted molar refractivity (Wildman–Crippen MR) is 80.0 cm³/mol. The maximum absolute atomic E-state index is 12.6. The fraction of sp³-hybridized carbons (Fsp3) is 0.0667. The Hall–Kier alpha value is -3.62. The Morgan fingerprint density at radius 3 is 2.29 bits per heavy atom. The minimum atomic E-state index is -0.822. The molecule has 0 aromatic heterocycles. The Bertz CT molecular complexity index is 949. The second kappa shape index (κ2) is 5.23. The van der Waals surface area contributed by atoms with E-state index in [2.05, 4.69) is 4.74 Å². The molecule has 9 nitrogen and oxygen atoms in total. The van der Waals surface area contributed by atoms with Gasteiger partial charge in [-0.15, -0.1) is 0 Å². The van der Waals surface area contributed by atoms with Gasteiger partial charge in [0.1, 0.15) is 0 Å². The Kier molecular flexibility index (Phi) is 3.33. The first-order valence-electron chi connectivity index (χ1n) is 6.60. The standard InChI is InChI=1S/C15H8N2O7/c1-24-15(19)9-4-5-11(17(22)23)12-8-3-2-7(16(20)21)6-10(8)14(18)13(9)12/h2-6H,1H3. The molecule has 0 bridgehead atoms. The van der Waals surface area contributed by atoms with Crippen LogP contribution in [-0.4, -0.2) is 28.7 Å². The number of nitro groups is 2. The van der Waals surface area contributed by atoms with Crippen LogP contribution in [0.5, 0.6) is 0 Å². The molecule has 0 saturated heterocycles. The van der Waals surface area contributed by atoms with Gasteiger partial charge in [-0.3, -0.25) is 25.0 Å². The van der Waals surface area contributed by atoms with Gasteiger partial charge in [0.05, 0.1) is 33.6 Å². The first-order valence-corrected chi connectivity index (χ1v) is 6.60. The van der Waals surface area contributed by atoms with Crippen molar-refractivity contribution in [1.29, 1.82) is 0 Å². The second-order valence-corrected chi connectivity index (χ2v) is 4.95. The van der Waals surface area contributed by atoms with Crippen LogP contribution in [-0.2, 0) is 4.74 Å². The van der Waals surface area contributed by atoms with Crippen LogP contribution >= 0.6 is 0 Å². The molecule has 0 aliphatic heterocycles. The number of benzene rings is 2. The minimum absolute atomic E-state index is 0.0298. The summed E-state index contributed by atoms with van der Waals surface area (Å²) in [7, 11) is 1.12. The Labute approximate surface area is 133 Å². The Balaban J connectivity index is 2.37. The average Bonchev–Trinajstić information content (AvgIpc) is 2.86. The van der Waals surface area contributed by atoms with Gasteiger partial charge in [-0.1, -0.05) is 0 Å². The molecule has 120 valence electrons. The van der Waals surface area contributed by atoms with Crippen molar-refractivity contribution >= 4 is 23.1 Å². The van der Waals surface area contributed by atoms with E-state index in [1.54, 1.807) is 0 Å². The maximum atomic E-state index is 12.6. The van der Waals surface area contributed by atoms with E-state index >= 15 is 0 Å². The lowest BCUT2D eigenvalue weighted by Crippen LogP contribution is -2.09. The van der Waals surface area contributed by atoms with E-state index in [9.17, 15) is 29.8 Å². The predicted octanol–water partition coefficient (Wildman–Crippen LogP) is 2.50. The van der Waals surface area contributed by atoms with Crippen molar-refractivity contribution in [2.45, 2.75) is 0 Å². The number of rotatable bonds is 3. The van der Waals surface area contributed by atoms with Crippen LogP contribution < -0.4 is 0 Å². The quantitative estimate of drug-likeness (QED) is 0.410. The Morgan fingerprint density at radius 2 is 1.71 bits per heavy atom. The number of esters is 1. The summed E-state index contributed by atoms with van der Waals surface area (Å²) >= 11 is 0. The third-order valence-electron chi connectivity index (χ3n) is 3.74. The number of fused-ring (bicyclic) bond motifs is 3. The molecule has 24 heavy (non-hydrogen) atoms. The summed E-state index contributed by atoms with van der Waals surface area (Å²) in [4.78, 5) is 45.3. The average molecular weight is 328 g/mol. The molecule has 0 unspecified atom stereocenters. The molecule has 9 heteroatoms. The molecule has 0 amide bonds. The fourth-order valence-electron chi connectivity index (χ4n) is 2.72. The third kappa shape index (κ3) is 2.02. The number of methoxy groups -OCH3 is 1. The number of ketones is 1. The fourth-order valence-corrected chi connectivity index (χ4v) is 2.72. The van der Waals surface area contributed by atoms with E-state index in [-0.39, 0.29) is 39.2 Å². The van der Waals surface area contributed by atoms with Gasteiger partial charge in [-0.25, -0.2) is 4.79 Å². The number of nitrogens with zero attached hydrogens (tertiary/aromatic N) is 2. The van der Waals surface area contributed by atoms with Gasteiger partial charge in [-0.2, -0.15) is 0 Å². The van der Waals surface area contributed by atoms with Crippen LogP contribution in [0.4, 0.5) is 11.4 Å². The van der Waals surface area contributed by atoms with Gasteiger partial charge in [0.15, 0.2) is 5.78 Å². The molecule has 1 aliphatic carbocycles. The molecule has 0 spiro atoms. The normalized spacial score (nSPS) is 11.6. The molecule has 0 N–H and O–H groups in total. The van der Waals surface area contributed by atoms with E-state index in [1.807, 2.05) is 0 Å². The van der Waals surface area contributed by atoms with E-state index in [4.69, 9.17) is 0 Å². The zero-order valence-corrected chi connectivity index (χ0v) is 12.1. The van der Waals surface area contributed by atoms with Crippen LogP contribution in [0.3, 0.4) is 0 Å². The maximum Gasteiger partial charge on any atom is 0.338 e. The molecular formula is C15H8N2O7. The van der Waals surface area contributed by atoms with E-state index in [0.29, 0.717) is 0 Å². The summed E-state index contributed by atoms with van der Waals surface area (Å²) in [5.74, 6) is -1.51. The van der Waals surface area contributed by atoms with Crippen LogP contribution in [0.25, 0.3) is 11.1 Å². The summed E-state index contributed by atoms with van der Waals surface area (Å²) in [6, 6.07) is 5.71. The molecule has 2 aromatic carbocycles. The van der Waals surface area contributed by atoms with Gasteiger partial charge >= 0.3 is 5.97 Å². The third-order valence-corrected chi connectivity index (χ3v) is 3.74. The largest absolute Gasteiger partial charge is 0.465 e. The Morgan fingerprint density at radius 1 is 1.00 bits per heavy atom. The van der Waals surface area contributed by atoms with E-state index < -0.39 is 21.6 Å². The number of carbonyl (C=O) groups excluding carboxylic acids is 2. The smallest absolute Gasteiger partial charge is 0.338 e. The van der Waals surface area contributed by atoms with Crippen molar-refractivity contribution in [1.82, 2.24) is 0 Å². The van der Waals surface area contributed by atoms with Crippen LogP contribution in [0, 0.1) is 20.2 Å². The zero-order valence-electron chi connectivity index (χ0n) is 12.1. The van der Waals surface area contributed by atoms with E-state index in [0.717, 1.165) is 31.4 Å². The lowest BCUT2D eigenvalue weighted by atomic mass is 9.99. The topological polar surface area (TPSA) is 130 Å². The van der Waals surface area contributed by atoms with Gasteiger partial charge in [-0.05, 0) is 12.1 Å². The number of carbonyl (C=O) groups is 2. The molecule has 1 aliphatic rings. The van der Waals surface area contributed by atoms with Gasteiger partial charge in [0.2, 0.25) is 0 Å². The molecule has 3 rings (SSSR count). The van der Waals surface area contributed by atoms with Crippen molar-refractivity contribution in [3.8, 4) is 11.1 Å². The van der Waals surface area contributed by atoms with Gasteiger partial charge in [0, 0.05) is 29.3 Å². The van der Waals surface area contributed by atoms with Gasteiger partial charge < -0.3 is 4.74 Å². The molecule has 2 aromatic rings. The monoisotopic (exact) mass is 328 g/mol. The molecule has 0 fully saturated rings. The molecule has 0 heterocycles. The number of nitro benzene ring substituents is 2. The highest BCUT2D eigenvalue weighted by Gasteiger charge is 2.38. The summed E-state index contributed by atoms with van der Waals surface area (Å²) in [6.07, 6.45) is 0. The van der Waals surface area contributed by atoms with Crippen molar-refractivity contribution in [3.63, 3.8) is 0 Å². The SMILES string of the molecule is COC(=O)c1ccc([N+](=O)[O-])c2c1C(=O)c1cc([N+](=O)[O-])ccc1-2. The van der Waals surface area contributed by atoms with Crippen molar-refractivity contribution < 1.29 is 24.2 Å². The highest BCUT2D eigenvalue weighted by molar-refractivity contribution is 6.26. The molecule has 0 atom stereocenters. The summed E-state index contributed by atoms with van der Waals surface area (Å²) in [5, 5.41) is 22.2. The number of hydrogen-bond donors (Lipinski definition) is 0. The van der Waals surface area contributed by atoms with Crippen molar-refractivity contribution in [3.05, 3.63) is 67.3 Å². The summed E-state index contributed by atoms with van der Waals surface area (Å²) in [6.45, 7) is 0. The van der Waals surface area contributed by atoms with Crippen molar-refractivity contribution in [2.75, 3.05) is 7.11 Å². The number of hydrogen-bond acceptors (Lipinski definition) is 7. The number of non-ortho nitro benzene ring substituents is 1. The van der Waals surface area contributed by atoms with Gasteiger partial charge in [0.25, 0.3) is 11.4 Å². The lowest BCUT2D eigenvalue weighted by molar-refractivity contribution is -0.385. The van der Waals surface area contributed by atoms with Crippen LogP contribution in [0.15, 0.2) is 30.3 Å². The highest BCUT2D eigenvalue weighted by Crippen LogP contribution is 2.45. The molecule has 0 saturated carbocycles. The van der Waals surface area contributed by atoms with Crippen LogP contribution in [0.2, 0.25) is 0 Å². The minimum Gasteiger partial charge on any atom is -0.465 e. The molecular weight excluding hydrogens is 320 g/mol. The van der Waals surface area contributed by atoms with Crippen LogP contribution in [0.1, 0.15) is 26.3 Å². The van der Waals surface area contributed by atoms with Crippen molar-refractivity contribution in [2.24, 2.45) is 0 Å². The first-order chi connectivity index (χ1) is 11.4. The summed E-state index contributed by atoms with van der Waals surface area (Å²) in [5.41, 5.74) is -0.890. The van der Waals surface area contributed by atoms with E-state index in [1.165, 1.54) is 6.07 Å². The second-order valence-electron chi connectivity index (χ2n) is 4.95. The number of ether oxygens (including phenoxy) is 1.